The fraction of sp³-hybridized carbons (Fsp3) is 0.783. The van der Waals surface area contributed by atoms with Crippen LogP contribution >= 0.6 is 0 Å². The minimum atomic E-state index is -1.15. The predicted molar refractivity (Wildman–Crippen MR) is 133 cm³/mol. The fourth-order valence-electron chi connectivity index (χ4n) is 3.97. The van der Waals surface area contributed by atoms with Gasteiger partial charge in [0.05, 0.1) is 6.04 Å². The highest BCUT2D eigenvalue weighted by atomic mass is 16.4. The third-order valence-electron chi connectivity index (χ3n) is 6.74. The van der Waals surface area contributed by atoms with E-state index in [0.717, 1.165) is 6.42 Å². The van der Waals surface area contributed by atoms with Crippen molar-refractivity contribution in [3.8, 4) is 0 Å². The second-order valence-electron chi connectivity index (χ2n) is 9.32. The number of aliphatic imine (C=N–C) groups is 1. The number of carboxylic acid groups (broad SMARTS) is 1. The number of nitrogens with zero attached hydrogens (tertiary/aromatic N) is 2. The molecular weight excluding hydrogens is 454 g/mol. The van der Waals surface area contributed by atoms with Crippen LogP contribution in [0.4, 0.5) is 0 Å². The Hall–Kier alpha value is -2.89. The van der Waals surface area contributed by atoms with Gasteiger partial charge in [0.25, 0.3) is 0 Å². The number of carbonyl (C=O) groups excluding carboxylic acids is 3. The van der Waals surface area contributed by atoms with Gasteiger partial charge in [-0.05, 0) is 37.5 Å². The van der Waals surface area contributed by atoms with Gasteiger partial charge < -0.3 is 37.8 Å². The molecule has 1 heterocycles. The average molecular weight is 498 g/mol. The molecule has 1 aliphatic heterocycles. The lowest BCUT2D eigenvalue weighted by Crippen LogP contribution is -2.57. The number of aliphatic carboxylic acids is 1. The molecule has 1 aliphatic rings. The van der Waals surface area contributed by atoms with Crippen LogP contribution in [0.1, 0.15) is 66.2 Å². The molecular formula is C23H43N7O5. The van der Waals surface area contributed by atoms with Crippen LogP contribution in [-0.2, 0) is 19.2 Å². The van der Waals surface area contributed by atoms with Gasteiger partial charge in [0, 0.05) is 13.1 Å². The number of likely N-dealkylation sites (tertiary alicyclic amines) is 1. The monoisotopic (exact) mass is 497 g/mol. The van der Waals surface area contributed by atoms with E-state index in [9.17, 15) is 24.3 Å². The van der Waals surface area contributed by atoms with E-state index in [-0.39, 0.29) is 36.7 Å². The van der Waals surface area contributed by atoms with Crippen LogP contribution in [-0.4, -0.2) is 76.9 Å². The Bertz CT molecular complexity index is 771. The first-order valence-corrected chi connectivity index (χ1v) is 12.4. The summed E-state index contributed by atoms with van der Waals surface area (Å²) < 4.78 is 0. The first-order chi connectivity index (χ1) is 16.4. The fourth-order valence-corrected chi connectivity index (χ4v) is 3.97. The van der Waals surface area contributed by atoms with Crippen LogP contribution in [0.3, 0.4) is 0 Å². The van der Waals surface area contributed by atoms with E-state index in [2.05, 4.69) is 15.6 Å². The van der Waals surface area contributed by atoms with E-state index in [1.807, 2.05) is 20.8 Å². The topological polar surface area (TPSA) is 206 Å². The maximum Gasteiger partial charge on any atom is 0.326 e. The number of hydrogen-bond acceptors (Lipinski definition) is 6. The molecule has 1 saturated heterocycles. The molecule has 3 amide bonds. The van der Waals surface area contributed by atoms with Crippen LogP contribution in [0.15, 0.2) is 4.99 Å². The van der Waals surface area contributed by atoms with Crippen LogP contribution in [0.5, 0.6) is 0 Å². The molecule has 0 aromatic rings. The highest BCUT2D eigenvalue weighted by Crippen LogP contribution is 2.21. The second-order valence-corrected chi connectivity index (χ2v) is 9.32. The van der Waals surface area contributed by atoms with Crippen LogP contribution < -0.4 is 27.8 Å². The summed E-state index contributed by atoms with van der Waals surface area (Å²) in [6.07, 6.45) is 2.95. The van der Waals surface area contributed by atoms with Gasteiger partial charge in [0.15, 0.2) is 5.96 Å². The minimum absolute atomic E-state index is 0.0330. The van der Waals surface area contributed by atoms with Crippen molar-refractivity contribution in [2.75, 3.05) is 13.1 Å². The summed E-state index contributed by atoms with van der Waals surface area (Å²) >= 11 is 0. The van der Waals surface area contributed by atoms with Gasteiger partial charge in [-0.3, -0.25) is 19.4 Å². The third kappa shape index (κ3) is 9.00. The number of carboxylic acids is 1. The Morgan fingerprint density at radius 1 is 1.09 bits per heavy atom. The van der Waals surface area contributed by atoms with E-state index in [1.54, 1.807) is 6.92 Å². The molecule has 9 N–H and O–H groups in total. The SMILES string of the molecule is CCC(C)C(N)C(=O)N1CCCC1C(=O)NC(CCCN=C(N)N)C(=O)NC(C(=O)O)C(C)CC. The van der Waals surface area contributed by atoms with Crippen molar-refractivity contribution >= 4 is 29.7 Å². The van der Waals surface area contributed by atoms with Crippen molar-refractivity contribution in [1.29, 1.82) is 0 Å². The molecule has 1 rings (SSSR count). The largest absolute Gasteiger partial charge is 0.480 e. The molecule has 0 aromatic carbocycles. The summed E-state index contributed by atoms with van der Waals surface area (Å²) in [6.45, 7) is 8.05. The number of amides is 3. The van der Waals surface area contributed by atoms with Crippen molar-refractivity contribution < 1.29 is 24.3 Å². The van der Waals surface area contributed by atoms with Crippen molar-refractivity contribution in [2.45, 2.75) is 90.4 Å². The van der Waals surface area contributed by atoms with Gasteiger partial charge in [-0.2, -0.15) is 0 Å². The van der Waals surface area contributed by atoms with Crippen molar-refractivity contribution in [3.63, 3.8) is 0 Å². The lowest BCUT2D eigenvalue weighted by atomic mass is 9.98. The minimum Gasteiger partial charge on any atom is -0.480 e. The molecule has 0 bridgehead atoms. The first kappa shape index (κ1) is 30.1. The molecule has 35 heavy (non-hydrogen) atoms. The van der Waals surface area contributed by atoms with Gasteiger partial charge in [0.1, 0.15) is 18.1 Å². The summed E-state index contributed by atoms with van der Waals surface area (Å²) in [5.74, 6) is -2.93. The molecule has 0 spiro atoms. The maximum absolute atomic E-state index is 13.2. The quantitative estimate of drug-likeness (QED) is 0.104. The Balaban J connectivity index is 3.00. The Labute approximate surface area is 207 Å². The van der Waals surface area contributed by atoms with Gasteiger partial charge in [-0.25, -0.2) is 4.79 Å². The van der Waals surface area contributed by atoms with E-state index in [1.165, 1.54) is 4.90 Å². The zero-order valence-corrected chi connectivity index (χ0v) is 21.3. The van der Waals surface area contributed by atoms with Gasteiger partial charge in [-0.1, -0.05) is 40.5 Å². The highest BCUT2D eigenvalue weighted by Gasteiger charge is 2.39. The van der Waals surface area contributed by atoms with E-state index in [4.69, 9.17) is 17.2 Å². The normalized spacial score (nSPS) is 19.7. The molecule has 12 nitrogen and oxygen atoms in total. The molecule has 1 fully saturated rings. The van der Waals surface area contributed by atoms with Crippen molar-refractivity contribution in [2.24, 2.45) is 34.0 Å². The number of guanidine groups is 1. The summed E-state index contributed by atoms with van der Waals surface area (Å²) in [4.78, 5) is 56.2. The van der Waals surface area contributed by atoms with Crippen LogP contribution in [0.2, 0.25) is 0 Å². The molecule has 200 valence electrons. The lowest BCUT2D eigenvalue weighted by molar-refractivity contribution is -0.144. The molecule has 0 radical (unpaired) electrons. The summed E-state index contributed by atoms with van der Waals surface area (Å²) in [5, 5.41) is 14.8. The Morgan fingerprint density at radius 2 is 1.71 bits per heavy atom. The van der Waals surface area contributed by atoms with E-state index < -0.39 is 42.0 Å². The summed E-state index contributed by atoms with van der Waals surface area (Å²) in [5.41, 5.74) is 16.8. The zero-order valence-electron chi connectivity index (χ0n) is 21.3. The molecule has 0 aliphatic carbocycles. The number of nitrogens with one attached hydrogen (secondary N) is 2. The second kappa shape index (κ2) is 14.5. The van der Waals surface area contributed by atoms with Crippen molar-refractivity contribution in [1.82, 2.24) is 15.5 Å². The predicted octanol–water partition coefficient (Wildman–Crippen LogP) is -0.495. The Kier molecular flexibility index (Phi) is 12.5. The molecule has 12 heteroatoms. The number of carbonyl (C=O) groups is 4. The lowest BCUT2D eigenvalue weighted by Gasteiger charge is -2.30. The molecule has 6 unspecified atom stereocenters. The summed E-state index contributed by atoms with van der Waals surface area (Å²) in [7, 11) is 0. The molecule has 6 atom stereocenters. The van der Waals surface area contributed by atoms with Crippen LogP contribution in [0.25, 0.3) is 0 Å². The zero-order chi connectivity index (χ0) is 26.7. The van der Waals surface area contributed by atoms with Gasteiger partial charge in [0.2, 0.25) is 17.7 Å². The average Bonchev–Trinajstić information content (AvgIpc) is 3.31. The van der Waals surface area contributed by atoms with Gasteiger partial charge in [-0.15, -0.1) is 0 Å². The van der Waals surface area contributed by atoms with Gasteiger partial charge >= 0.3 is 5.97 Å². The third-order valence-corrected chi connectivity index (χ3v) is 6.74. The van der Waals surface area contributed by atoms with Crippen molar-refractivity contribution in [3.05, 3.63) is 0 Å². The summed E-state index contributed by atoms with van der Waals surface area (Å²) in [6, 6.07) is -3.56. The van der Waals surface area contributed by atoms with E-state index in [0.29, 0.717) is 32.2 Å². The Morgan fingerprint density at radius 3 is 2.26 bits per heavy atom. The smallest absolute Gasteiger partial charge is 0.326 e. The standard InChI is InChI=1S/C23H43N7O5/c1-5-13(3)17(24)21(33)30-12-8-10-16(30)20(32)28-15(9-7-11-27-23(25)26)19(31)29-18(22(34)35)14(4)6-2/h13-18H,5-12,24H2,1-4H3,(H,28,32)(H,29,31)(H,34,35)(H4,25,26,27). The number of nitrogens with two attached hydrogens (primary N) is 3. The number of hydrogen-bond donors (Lipinski definition) is 6. The first-order valence-electron chi connectivity index (χ1n) is 12.4. The maximum atomic E-state index is 13.2. The van der Waals surface area contributed by atoms with Crippen LogP contribution in [0, 0.1) is 11.8 Å². The van der Waals surface area contributed by atoms with E-state index >= 15 is 0 Å². The highest BCUT2D eigenvalue weighted by molar-refractivity contribution is 5.94. The molecule has 0 saturated carbocycles. The molecule has 0 aromatic heterocycles. The number of rotatable bonds is 14.